The second kappa shape index (κ2) is 5.83. The molecule has 0 atom stereocenters. The third-order valence-electron chi connectivity index (χ3n) is 3.10. The molecule has 7 heteroatoms. The summed E-state index contributed by atoms with van der Waals surface area (Å²) in [6, 6.07) is 2.97. The number of ether oxygens (including phenoxy) is 1. The van der Waals surface area contributed by atoms with Gasteiger partial charge >= 0.3 is 5.69 Å². The summed E-state index contributed by atoms with van der Waals surface area (Å²) in [5, 5.41) is 10.6. The van der Waals surface area contributed by atoms with Crippen molar-refractivity contribution in [1.82, 2.24) is 4.98 Å². The van der Waals surface area contributed by atoms with Gasteiger partial charge in [-0.15, -0.1) is 0 Å². The van der Waals surface area contributed by atoms with Gasteiger partial charge in [0.05, 0.1) is 11.5 Å². The number of likely N-dealkylation sites (N-methyl/N-ethyl adjacent to an activating group) is 1. The van der Waals surface area contributed by atoms with Gasteiger partial charge in [0.15, 0.2) is 0 Å². The van der Waals surface area contributed by atoms with E-state index in [0.29, 0.717) is 19.0 Å². The number of nitrogen functional groups attached to an aromatic ring is 1. The van der Waals surface area contributed by atoms with Gasteiger partial charge in [-0.2, -0.15) is 0 Å². The molecule has 0 saturated heterocycles. The Morgan fingerprint density at radius 3 is 2.89 bits per heavy atom. The van der Waals surface area contributed by atoms with Crippen molar-refractivity contribution in [3.05, 3.63) is 22.2 Å². The van der Waals surface area contributed by atoms with Crippen LogP contribution in [-0.4, -0.2) is 36.7 Å². The first-order valence-electron chi connectivity index (χ1n) is 6.27. The zero-order valence-electron chi connectivity index (χ0n) is 10.9. The lowest BCUT2D eigenvalue weighted by Gasteiger charge is -2.18. The monoisotopic (exact) mass is 266 g/mol. The summed E-state index contributed by atoms with van der Waals surface area (Å²) in [4.78, 5) is 16.0. The van der Waals surface area contributed by atoms with E-state index in [4.69, 9.17) is 10.5 Å². The molecule has 1 aromatic heterocycles. The number of nitrogens with two attached hydrogens (primary N) is 1. The number of hydrogen-bond acceptors (Lipinski definition) is 6. The number of anilines is 2. The molecule has 0 unspecified atom stereocenters. The first-order valence-corrected chi connectivity index (χ1v) is 6.27. The topological polar surface area (TPSA) is 94.5 Å². The average Bonchev–Trinajstić information content (AvgIpc) is 3.17. The highest BCUT2D eigenvalue weighted by atomic mass is 16.6. The number of pyridine rings is 1. The number of hydrogen-bond donors (Lipinski definition) is 1. The molecular formula is C12H18N4O3. The molecular weight excluding hydrogens is 248 g/mol. The van der Waals surface area contributed by atoms with Gasteiger partial charge in [-0.25, -0.2) is 4.98 Å². The molecule has 1 aliphatic carbocycles. The van der Waals surface area contributed by atoms with Gasteiger partial charge in [-0.05, 0) is 24.8 Å². The van der Waals surface area contributed by atoms with E-state index in [1.165, 1.54) is 18.9 Å². The Labute approximate surface area is 111 Å². The Hall–Kier alpha value is -1.89. The highest BCUT2D eigenvalue weighted by Crippen LogP contribution is 2.28. The van der Waals surface area contributed by atoms with Crippen LogP contribution in [0.3, 0.4) is 0 Å². The van der Waals surface area contributed by atoms with Gasteiger partial charge in [0.1, 0.15) is 5.82 Å². The molecule has 0 amide bonds. The van der Waals surface area contributed by atoms with Gasteiger partial charge in [-0.1, -0.05) is 0 Å². The van der Waals surface area contributed by atoms with Crippen molar-refractivity contribution in [2.75, 3.05) is 37.4 Å². The molecule has 7 nitrogen and oxygen atoms in total. The molecule has 1 heterocycles. The number of nitrogens with zero attached hydrogens (tertiary/aromatic N) is 3. The van der Waals surface area contributed by atoms with E-state index in [1.807, 2.05) is 11.9 Å². The summed E-state index contributed by atoms with van der Waals surface area (Å²) in [6.45, 7) is 2.12. The van der Waals surface area contributed by atoms with Crippen LogP contribution in [0.5, 0.6) is 0 Å². The van der Waals surface area contributed by atoms with Crippen molar-refractivity contribution < 1.29 is 9.66 Å². The van der Waals surface area contributed by atoms with Crippen LogP contribution in [0, 0.1) is 16.0 Å². The predicted molar refractivity (Wildman–Crippen MR) is 72.1 cm³/mol. The summed E-state index contributed by atoms with van der Waals surface area (Å²) in [6.07, 6.45) is 2.55. The van der Waals surface area contributed by atoms with E-state index in [0.717, 1.165) is 12.5 Å². The van der Waals surface area contributed by atoms with Crippen molar-refractivity contribution in [1.29, 1.82) is 0 Å². The summed E-state index contributed by atoms with van der Waals surface area (Å²) in [7, 11) is 1.86. The minimum Gasteiger partial charge on any atom is -0.379 e. The maximum absolute atomic E-state index is 10.6. The van der Waals surface area contributed by atoms with Crippen molar-refractivity contribution in [2.24, 2.45) is 5.92 Å². The Bertz CT molecular complexity index is 462. The largest absolute Gasteiger partial charge is 0.379 e. The molecule has 1 aliphatic rings. The number of aromatic nitrogens is 1. The molecule has 1 fully saturated rings. The number of rotatable bonds is 7. The van der Waals surface area contributed by atoms with Gasteiger partial charge in [0, 0.05) is 26.3 Å². The first-order chi connectivity index (χ1) is 9.08. The van der Waals surface area contributed by atoms with Crippen molar-refractivity contribution in [2.45, 2.75) is 12.8 Å². The third kappa shape index (κ3) is 3.78. The lowest BCUT2D eigenvalue weighted by molar-refractivity contribution is -0.384. The average molecular weight is 266 g/mol. The van der Waals surface area contributed by atoms with Crippen LogP contribution in [0.15, 0.2) is 12.1 Å². The second-order valence-corrected chi connectivity index (χ2v) is 4.77. The van der Waals surface area contributed by atoms with E-state index >= 15 is 0 Å². The number of nitro groups is 1. The summed E-state index contributed by atoms with van der Waals surface area (Å²) in [5.74, 6) is 1.30. The molecule has 0 spiro atoms. The van der Waals surface area contributed by atoms with Crippen LogP contribution in [0.4, 0.5) is 17.3 Å². The summed E-state index contributed by atoms with van der Waals surface area (Å²) < 4.78 is 5.53. The zero-order valence-corrected chi connectivity index (χ0v) is 10.9. The van der Waals surface area contributed by atoms with Crippen molar-refractivity contribution in [3.63, 3.8) is 0 Å². The minimum atomic E-state index is -0.537. The lowest BCUT2D eigenvalue weighted by atomic mass is 10.3. The SMILES string of the molecule is CN(CCOCC1CC1)c1ccc([N+](=O)[O-])c(N)n1. The van der Waals surface area contributed by atoms with E-state index in [2.05, 4.69) is 4.98 Å². The van der Waals surface area contributed by atoms with Crippen LogP contribution < -0.4 is 10.6 Å². The Morgan fingerprint density at radius 1 is 1.58 bits per heavy atom. The van der Waals surface area contributed by atoms with Gasteiger partial charge in [0.2, 0.25) is 5.82 Å². The molecule has 19 heavy (non-hydrogen) atoms. The first kappa shape index (κ1) is 13.5. The van der Waals surface area contributed by atoms with Crippen LogP contribution in [0.2, 0.25) is 0 Å². The Balaban J connectivity index is 1.85. The van der Waals surface area contributed by atoms with E-state index in [9.17, 15) is 10.1 Å². The summed E-state index contributed by atoms with van der Waals surface area (Å²) >= 11 is 0. The van der Waals surface area contributed by atoms with Gasteiger partial charge in [0.25, 0.3) is 0 Å². The smallest absolute Gasteiger partial charge is 0.311 e. The fraction of sp³-hybridized carbons (Fsp3) is 0.583. The van der Waals surface area contributed by atoms with E-state index < -0.39 is 4.92 Å². The highest BCUT2D eigenvalue weighted by Gasteiger charge is 2.21. The molecule has 0 aliphatic heterocycles. The molecule has 2 N–H and O–H groups in total. The van der Waals surface area contributed by atoms with Crippen LogP contribution in [-0.2, 0) is 4.74 Å². The van der Waals surface area contributed by atoms with Crippen molar-refractivity contribution >= 4 is 17.3 Å². The Kier molecular flexibility index (Phi) is 4.16. The third-order valence-corrected chi connectivity index (χ3v) is 3.10. The molecule has 104 valence electrons. The molecule has 0 aromatic carbocycles. The molecule has 0 radical (unpaired) electrons. The predicted octanol–water partition coefficient (Wildman–Crippen LogP) is 1.43. The van der Waals surface area contributed by atoms with Gasteiger partial charge in [-0.3, -0.25) is 10.1 Å². The molecule has 2 rings (SSSR count). The van der Waals surface area contributed by atoms with Crippen LogP contribution >= 0.6 is 0 Å². The maximum atomic E-state index is 10.6. The van der Waals surface area contributed by atoms with Crippen LogP contribution in [0.25, 0.3) is 0 Å². The molecule has 1 saturated carbocycles. The normalized spacial score (nSPS) is 14.4. The molecule has 0 bridgehead atoms. The van der Waals surface area contributed by atoms with Crippen LogP contribution in [0.1, 0.15) is 12.8 Å². The van der Waals surface area contributed by atoms with E-state index in [1.54, 1.807) is 6.07 Å². The zero-order chi connectivity index (χ0) is 13.8. The second-order valence-electron chi connectivity index (χ2n) is 4.77. The summed E-state index contributed by atoms with van der Waals surface area (Å²) in [5.41, 5.74) is 5.39. The van der Waals surface area contributed by atoms with Gasteiger partial charge < -0.3 is 15.4 Å². The Morgan fingerprint density at radius 2 is 2.32 bits per heavy atom. The fourth-order valence-corrected chi connectivity index (χ4v) is 1.67. The lowest BCUT2D eigenvalue weighted by Crippen LogP contribution is -2.24. The maximum Gasteiger partial charge on any atom is 0.311 e. The minimum absolute atomic E-state index is 0.0618. The highest BCUT2D eigenvalue weighted by molar-refractivity contribution is 5.57. The molecule has 1 aromatic rings. The fourth-order valence-electron chi connectivity index (χ4n) is 1.67. The van der Waals surface area contributed by atoms with Crippen molar-refractivity contribution in [3.8, 4) is 0 Å². The quantitative estimate of drug-likeness (QED) is 0.456. The van der Waals surface area contributed by atoms with E-state index in [-0.39, 0.29) is 11.5 Å². The standard InChI is InChI=1S/C12H18N4O3/c1-15(6-7-19-8-9-2-3-9)11-5-4-10(16(17)18)12(13)14-11/h4-5,9H,2-3,6-8H2,1H3,(H2,13,14).